The first-order valence-electron chi connectivity index (χ1n) is 11.3. The first-order valence-corrected chi connectivity index (χ1v) is 11.3. The van der Waals surface area contributed by atoms with Crippen molar-refractivity contribution in [3.8, 4) is 0 Å². The number of carbonyl (C=O) groups excluding carboxylic acids is 2. The number of piperidine rings is 1. The van der Waals surface area contributed by atoms with Gasteiger partial charge in [-0.2, -0.15) is 0 Å². The zero-order chi connectivity index (χ0) is 22.1. The van der Waals surface area contributed by atoms with Gasteiger partial charge in [0.15, 0.2) is 0 Å². The highest BCUT2D eigenvalue weighted by molar-refractivity contribution is 6.02. The molecule has 0 spiro atoms. The highest BCUT2D eigenvalue weighted by Gasteiger charge is 2.27. The number of carbonyl (C=O) groups is 2. The van der Waals surface area contributed by atoms with E-state index in [1.807, 2.05) is 34.1 Å². The number of ether oxygens (including phenoxy) is 1. The van der Waals surface area contributed by atoms with E-state index < -0.39 is 0 Å². The number of hydrogen-bond donors (Lipinski definition) is 0. The fourth-order valence-corrected chi connectivity index (χ4v) is 4.76. The van der Waals surface area contributed by atoms with E-state index >= 15 is 0 Å². The smallest absolute Gasteiger partial charge is 0.270 e. The molecule has 0 aliphatic carbocycles. The lowest BCUT2D eigenvalue weighted by Crippen LogP contribution is -2.47. The van der Waals surface area contributed by atoms with E-state index in [9.17, 15) is 9.59 Å². The van der Waals surface area contributed by atoms with Crippen LogP contribution in [0.25, 0.3) is 10.9 Å². The third kappa shape index (κ3) is 4.34. The minimum absolute atomic E-state index is 0.0333. The lowest BCUT2D eigenvalue weighted by molar-refractivity contribution is 0.0295. The van der Waals surface area contributed by atoms with Gasteiger partial charge in [0.2, 0.25) is 0 Å². The topological polar surface area (TPSA) is 58.0 Å². The number of rotatable bonds is 4. The third-order valence-corrected chi connectivity index (χ3v) is 6.53. The van der Waals surface area contributed by atoms with Gasteiger partial charge in [0, 0.05) is 54.7 Å². The van der Waals surface area contributed by atoms with Crippen molar-refractivity contribution in [2.45, 2.75) is 38.8 Å². The predicted octanol–water partition coefficient (Wildman–Crippen LogP) is 2.86. The van der Waals surface area contributed by atoms with Gasteiger partial charge < -0.3 is 24.0 Å². The number of hydrogen-bond acceptors (Lipinski definition) is 4. The van der Waals surface area contributed by atoms with Gasteiger partial charge in [0.1, 0.15) is 5.69 Å². The summed E-state index contributed by atoms with van der Waals surface area (Å²) in [7, 11) is 4.15. The number of amides is 2. The van der Waals surface area contributed by atoms with E-state index in [-0.39, 0.29) is 17.9 Å². The maximum atomic E-state index is 13.2. The number of nitrogens with zero attached hydrogens (tertiary/aromatic N) is 4. The van der Waals surface area contributed by atoms with E-state index in [2.05, 4.69) is 37.4 Å². The van der Waals surface area contributed by atoms with E-state index in [0.717, 1.165) is 36.8 Å². The lowest BCUT2D eigenvalue weighted by Gasteiger charge is -2.36. The molecule has 31 heavy (non-hydrogen) atoms. The monoisotopic (exact) mass is 426 g/mol. The molecule has 2 aliphatic heterocycles. The van der Waals surface area contributed by atoms with Crippen LogP contribution in [0.3, 0.4) is 0 Å². The van der Waals surface area contributed by atoms with E-state index in [0.29, 0.717) is 43.6 Å². The molecule has 1 atom stereocenters. The Morgan fingerprint density at radius 2 is 1.77 bits per heavy atom. The lowest BCUT2D eigenvalue weighted by atomic mass is 10.0. The van der Waals surface area contributed by atoms with Crippen molar-refractivity contribution < 1.29 is 14.3 Å². The predicted molar refractivity (Wildman–Crippen MR) is 122 cm³/mol. The van der Waals surface area contributed by atoms with Crippen molar-refractivity contribution >= 4 is 22.7 Å². The SMILES string of the molecule is CC(C)n1c(C(=O)N2CCOCC2)cc2cc(C(=O)N3CCCC(N(C)C)C3)ccc21. The highest BCUT2D eigenvalue weighted by Crippen LogP contribution is 2.27. The fraction of sp³-hybridized carbons (Fsp3) is 0.583. The Labute approximate surface area is 184 Å². The molecule has 1 unspecified atom stereocenters. The number of likely N-dealkylation sites (tertiary alicyclic amines) is 1. The Morgan fingerprint density at radius 1 is 1.03 bits per heavy atom. The number of fused-ring (bicyclic) bond motifs is 1. The van der Waals surface area contributed by atoms with Gasteiger partial charge in [-0.25, -0.2) is 0 Å². The largest absolute Gasteiger partial charge is 0.378 e. The molecule has 0 radical (unpaired) electrons. The molecule has 0 N–H and O–H groups in total. The minimum Gasteiger partial charge on any atom is -0.378 e. The summed E-state index contributed by atoms with van der Waals surface area (Å²) < 4.78 is 7.49. The molecular weight excluding hydrogens is 392 g/mol. The van der Waals surface area contributed by atoms with Crippen LogP contribution in [-0.2, 0) is 4.74 Å². The van der Waals surface area contributed by atoms with E-state index in [1.165, 1.54) is 0 Å². The summed E-state index contributed by atoms with van der Waals surface area (Å²) >= 11 is 0. The average Bonchev–Trinajstić information content (AvgIpc) is 3.17. The molecule has 2 aliphatic rings. The van der Waals surface area contributed by atoms with Gasteiger partial charge in [-0.15, -0.1) is 0 Å². The van der Waals surface area contributed by atoms with Crippen LogP contribution in [0.4, 0.5) is 0 Å². The number of morpholine rings is 1. The van der Waals surface area contributed by atoms with Crippen molar-refractivity contribution in [2.75, 3.05) is 53.5 Å². The molecule has 2 amide bonds. The summed E-state index contributed by atoms with van der Waals surface area (Å²) in [5.74, 6) is 0.109. The summed E-state index contributed by atoms with van der Waals surface area (Å²) in [5.41, 5.74) is 2.37. The Hall–Kier alpha value is -2.38. The van der Waals surface area contributed by atoms with Gasteiger partial charge in [-0.05, 0) is 65.0 Å². The van der Waals surface area contributed by atoms with Crippen LogP contribution in [0.15, 0.2) is 24.3 Å². The molecule has 2 saturated heterocycles. The van der Waals surface area contributed by atoms with Crippen molar-refractivity contribution in [1.29, 1.82) is 0 Å². The Kier molecular flexibility index (Phi) is 6.34. The van der Waals surface area contributed by atoms with E-state index in [4.69, 9.17) is 4.74 Å². The Balaban J connectivity index is 1.64. The fourth-order valence-electron chi connectivity index (χ4n) is 4.76. The van der Waals surface area contributed by atoms with Crippen molar-refractivity contribution in [3.05, 3.63) is 35.5 Å². The van der Waals surface area contributed by atoms with Crippen LogP contribution in [0, 0.1) is 0 Å². The first kappa shape index (κ1) is 21.8. The summed E-state index contributed by atoms with van der Waals surface area (Å²) in [6.45, 7) is 8.13. The van der Waals surface area contributed by atoms with Crippen LogP contribution < -0.4 is 0 Å². The number of likely N-dealkylation sites (N-methyl/N-ethyl adjacent to an activating group) is 1. The quantitative estimate of drug-likeness (QED) is 0.754. The highest BCUT2D eigenvalue weighted by atomic mass is 16.5. The van der Waals surface area contributed by atoms with Gasteiger partial charge in [-0.3, -0.25) is 9.59 Å². The minimum atomic E-state index is 0.0333. The molecule has 2 aromatic rings. The third-order valence-electron chi connectivity index (χ3n) is 6.53. The van der Waals surface area contributed by atoms with Crippen LogP contribution in [0.2, 0.25) is 0 Å². The van der Waals surface area contributed by atoms with Crippen LogP contribution in [0.5, 0.6) is 0 Å². The summed E-state index contributed by atoms with van der Waals surface area (Å²) in [6.07, 6.45) is 2.15. The van der Waals surface area contributed by atoms with Crippen molar-refractivity contribution in [3.63, 3.8) is 0 Å². The zero-order valence-corrected chi connectivity index (χ0v) is 19.1. The maximum absolute atomic E-state index is 13.2. The second kappa shape index (κ2) is 9.01. The van der Waals surface area contributed by atoms with Gasteiger partial charge in [0.25, 0.3) is 11.8 Å². The molecule has 3 heterocycles. The van der Waals surface area contributed by atoms with Gasteiger partial charge in [-0.1, -0.05) is 0 Å². The Morgan fingerprint density at radius 3 is 2.45 bits per heavy atom. The van der Waals surface area contributed by atoms with Crippen molar-refractivity contribution in [2.24, 2.45) is 0 Å². The molecule has 168 valence electrons. The molecule has 1 aromatic carbocycles. The molecular formula is C24H34N4O3. The average molecular weight is 427 g/mol. The van der Waals surface area contributed by atoms with Crippen LogP contribution in [0.1, 0.15) is 53.6 Å². The van der Waals surface area contributed by atoms with E-state index in [1.54, 1.807) is 0 Å². The second-order valence-electron chi connectivity index (χ2n) is 9.18. The molecule has 7 heteroatoms. The Bertz CT molecular complexity index is 959. The number of benzene rings is 1. The molecule has 4 rings (SSSR count). The van der Waals surface area contributed by atoms with Gasteiger partial charge >= 0.3 is 0 Å². The zero-order valence-electron chi connectivity index (χ0n) is 19.1. The standard InChI is InChI=1S/C24H34N4O3/c1-17(2)28-21-8-7-18(23(29)27-9-5-6-20(16-27)25(3)4)14-19(21)15-22(28)24(30)26-10-12-31-13-11-26/h7-8,14-15,17,20H,5-6,9-13,16H2,1-4H3. The second-order valence-corrected chi connectivity index (χ2v) is 9.18. The molecule has 7 nitrogen and oxygen atoms in total. The normalized spacial score (nSPS) is 20.1. The van der Waals surface area contributed by atoms with Crippen LogP contribution in [-0.4, -0.2) is 90.6 Å². The van der Waals surface area contributed by atoms with Gasteiger partial charge in [0.05, 0.1) is 13.2 Å². The molecule has 1 aromatic heterocycles. The summed E-state index contributed by atoms with van der Waals surface area (Å²) in [4.78, 5) is 32.5. The first-order chi connectivity index (χ1) is 14.9. The summed E-state index contributed by atoms with van der Waals surface area (Å²) in [5, 5.41) is 0.942. The molecule has 0 bridgehead atoms. The molecule has 2 fully saturated rings. The number of aromatic nitrogens is 1. The summed E-state index contributed by atoms with van der Waals surface area (Å²) in [6, 6.07) is 8.34. The maximum Gasteiger partial charge on any atom is 0.270 e. The van der Waals surface area contributed by atoms with Crippen molar-refractivity contribution in [1.82, 2.24) is 19.3 Å². The molecule has 0 saturated carbocycles. The van der Waals surface area contributed by atoms with Crippen LogP contribution >= 0.6 is 0 Å².